The normalized spacial score (nSPS) is 29.4. The SMILES string of the molecule is CC(C)(C)Cc1ccc(P2C(C)(C)CC(=O)CC2(C)C)c(C(P)(C2CCNC2)C2CCNC2)c1. The highest BCUT2D eigenvalue weighted by Gasteiger charge is 2.52. The van der Waals surface area contributed by atoms with E-state index in [9.17, 15) is 4.79 Å². The molecule has 0 radical (unpaired) electrons. The first kappa shape index (κ1) is 26.7. The molecule has 5 heteroatoms. The maximum atomic E-state index is 12.8. The monoisotopic (exact) mass is 502 g/mol. The van der Waals surface area contributed by atoms with Gasteiger partial charge in [0.25, 0.3) is 0 Å². The summed E-state index contributed by atoms with van der Waals surface area (Å²) in [6, 6.07) is 7.53. The lowest BCUT2D eigenvalue weighted by atomic mass is 9.73. The topological polar surface area (TPSA) is 41.1 Å². The van der Waals surface area contributed by atoms with Crippen molar-refractivity contribution in [2.24, 2.45) is 17.3 Å². The van der Waals surface area contributed by atoms with Gasteiger partial charge >= 0.3 is 0 Å². The maximum Gasteiger partial charge on any atom is 0.134 e. The van der Waals surface area contributed by atoms with Crippen molar-refractivity contribution in [2.75, 3.05) is 26.2 Å². The first-order valence-corrected chi connectivity index (χ1v) is 15.3. The number of nitrogens with one attached hydrogen (secondary N) is 2. The number of Topliss-reactive ketones (excluding diaryl/α,β-unsaturated/α-hetero) is 1. The van der Waals surface area contributed by atoms with Gasteiger partial charge in [0.2, 0.25) is 0 Å². The minimum atomic E-state index is -0.514. The highest BCUT2D eigenvalue weighted by atomic mass is 31.1. The summed E-state index contributed by atoms with van der Waals surface area (Å²) in [5, 5.41) is 9.04. The smallest absolute Gasteiger partial charge is 0.134 e. The van der Waals surface area contributed by atoms with Crippen LogP contribution in [0.2, 0.25) is 0 Å². The Balaban J connectivity index is 1.93. The molecule has 3 fully saturated rings. The Bertz CT molecular complexity index is 869. The maximum absolute atomic E-state index is 12.8. The van der Waals surface area contributed by atoms with Crippen LogP contribution in [0.25, 0.3) is 0 Å². The van der Waals surface area contributed by atoms with Gasteiger partial charge in [0.15, 0.2) is 0 Å². The first-order chi connectivity index (χ1) is 15.7. The van der Waals surface area contributed by atoms with Crippen molar-refractivity contribution in [3.63, 3.8) is 0 Å². The van der Waals surface area contributed by atoms with Gasteiger partial charge in [0, 0.05) is 18.0 Å². The Kier molecular flexibility index (Phi) is 7.48. The highest BCUT2D eigenvalue weighted by molar-refractivity contribution is 7.69. The lowest BCUT2D eigenvalue weighted by Crippen LogP contribution is -2.47. The van der Waals surface area contributed by atoms with Crippen LogP contribution in [0.15, 0.2) is 18.2 Å². The second-order valence-corrected chi connectivity index (χ2v) is 18.3. The van der Waals surface area contributed by atoms with E-state index < -0.39 is 7.92 Å². The summed E-state index contributed by atoms with van der Waals surface area (Å²) in [5.74, 6) is 1.69. The Hall–Kier alpha value is -0.330. The van der Waals surface area contributed by atoms with Crippen LogP contribution in [0.1, 0.15) is 85.3 Å². The summed E-state index contributed by atoms with van der Waals surface area (Å²) >= 11 is 0. The molecule has 0 aliphatic carbocycles. The third-order valence-electron chi connectivity index (χ3n) is 8.44. The largest absolute Gasteiger partial charge is 0.316 e. The van der Waals surface area contributed by atoms with E-state index in [-0.39, 0.29) is 20.9 Å². The Morgan fingerprint density at radius 1 is 0.971 bits per heavy atom. The third kappa shape index (κ3) is 5.20. The van der Waals surface area contributed by atoms with E-state index in [0.717, 1.165) is 32.6 Å². The van der Waals surface area contributed by atoms with Crippen molar-refractivity contribution in [1.82, 2.24) is 10.6 Å². The van der Waals surface area contributed by atoms with Crippen LogP contribution < -0.4 is 15.9 Å². The van der Waals surface area contributed by atoms with Crippen LogP contribution in [0, 0.1) is 17.3 Å². The molecule has 3 atom stereocenters. The Morgan fingerprint density at radius 3 is 1.94 bits per heavy atom. The molecule has 1 aromatic carbocycles. The minimum Gasteiger partial charge on any atom is -0.316 e. The summed E-state index contributed by atoms with van der Waals surface area (Å²) in [6.45, 7) is 20.9. The molecule has 1 aromatic rings. The number of carbonyl (C=O) groups is 1. The zero-order chi connectivity index (χ0) is 24.9. The second kappa shape index (κ2) is 9.52. The van der Waals surface area contributed by atoms with Crippen molar-refractivity contribution in [3.8, 4) is 0 Å². The molecule has 0 bridgehead atoms. The standard InChI is InChI=1S/C29H48N2OP2/c1-26(2,3)15-20-8-9-25(34-27(4,5)16-23(32)17-28(34,6)7)24(14-20)29(33,21-10-12-30-18-21)22-11-13-31-19-22/h8-9,14,21-22,30-31H,10-13,15-19,33H2,1-7H3. The molecule has 190 valence electrons. The highest BCUT2D eigenvalue weighted by Crippen LogP contribution is 2.66. The average Bonchev–Trinajstić information content (AvgIpc) is 3.39. The zero-order valence-electron chi connectivity index (χ0n) is 22.7. The number of ketones is 1. The molecule has 3 aliphatic heterocycles. The molecule has 0 saturated carbocycles. The zero-order valence-corrected chi connectivity index (χ0v) is 24.7. The van der Waals surface area contributed by atoms with Gasteiger partial charge in [-0.25, -0.2) is 0 Å². The number of hydrogen-bond acceptors (Lipinski definition) is 3. The summed E-state index contributed by atoms with van der Waals surface area (Å²) in [4.78, 5) is 12.8. The van der Waals surface area contributed by atoms with E-state index in [0.29, 0.717) is 30.5 Å². The number of benzene rings is 1. The fourth-order valence-electron chi connectivity index (χ4n) is 7.40. The Labute approximate surface area is 212 Å². The molecule has 0 aromatic heterocycles. The Morgan fingerprint density at radius 2 is 1.50 bits per heavy atom. The molecule has 3 unspecified atom stereocenters. The van der Waals surface area contributed by atoms with E-state index in [4.69, 9.17) is 0 Å². The predicted octanol–water partition coefficient (Wildman–Crippen LogP) is 5.59. The van der Waals surface area contributed by atoms with Crippen molar-refractivity contribution in [1.29, 1.82) is 0 Å². The molecule has 34 heavy (non-hydrogen) atoms. The van der Waals surface area contributed by atoms with Gasteiger partial charge in [-0.2, -0.15) is 0 Å². The fraction of sp³-hybridized carbons (Fsp3) is 0.759. The van der Waals surface area contributed by atoms with Crippen LogP contribution in [-0.4, -0.2) is 42.3 Å². The van der Waals surface area contributed by atoms with E-state index in [2.05, 4.69) is 86.5 Å². The van der Waals surface area contributed by atoms with Crippen molar-refractivity contribution in [3.05, 3.63) is 29.3 Å². The van der Waals surface area contributed by atoms with Gasteiger partial charge in [-0.1, -0.05) is 74.6 Å². The van der Waals surface area contributed by atoms with Crippen LogP contribution >= 0.6 is 17.2 Å². The van der Waals surface area contributed by atoms with Crippen LogP contribution in [0.3, 0.4) is 0 Å². The van der Waals surface area contributed by atoms with Crippen molar-refractivity contribution in [2.45, 2.75) is 96.0 Å². The lowest BCUT2D eigenvalue weighted by Gasteiger charge is -2.52. The summed E-state index contributed by atoms with van der Waals surface area (Å²) < 4.78 is 0. The summed E-state index contributed by atoms with van der Waals surface area (Å²) in [5.41, 5.74) is 3.31. The molecular formula is C29H48N2OP2. The number of hydrogen-bond donors (Lipinski definition) is 2. The van der Waals surface area contributed by atoms with E-state index in [1.54, 1.807) is 10.9 Å². The number of rotatable bonds is 5. The number of carbonyl (C=O) groups excluding carboxylic acids is 1. The molecule has 2 N–H and O–H groups in total. The van der Waals surface area contributed by atoms with Crippen molar-refractivity contribution < 1.29 is 4.79 Å². The molecule has 0 amide bonds. The van der Waals surface area contributed by atoms with Crippen molar-refractivity contribution >= 4 is 28.2 Å². The van der Waals surface area contributed by atoms with Gasteiger partial charge in [-0.15, -0.1) is 9.24 Å². The van der Waals surface area contributed by atoms with Gasteiger partial charge in [0.05, 0.1) is 0 Å². The van der Waals surface area contributed by atoms with E-state index >= 15 is 0 Å². The van der Waals surface area contributed by atoms with Crippen LogP contribution in [-0.2, 0) is 16.4 Å². The van der Waals surface area contributed by atoms with Crippen LogP contribution in [0.4, 0.5) is 0 Å². The molecule has 3 aliphatic rings. The molecule has 0 spiro atoms. The average molecular weight is 503 g/mol. The van der Waals surface area contributed by atoms with Gasteiger partial charge in [-0.3, -0.25) is 4.79 Å². The quantitative estimate of drug-likeness (QED) is 0.516. The summed E-state index contributed by atoms with van der Waals surface area (Å²) in [7, 11) is 2.95. The van der Waals surface area contributed by atoms with Gasteiger partial charge in [0.1, 0.15) is 5.78 Å². The van der Waals surface area contributed by atoms with E-state index in [1.165, 1.54) is 18.4 Å². The minimum absolute atomic E-state index is 0.0158. The van der Waals surface area contributed by atoms with Gasteiger partial charge < -0.3 is 10.6 Å². The van der Waals surface area contributed by atoms with Crippen LogP contribution in [0.5, 0.6) is 0 Å². The second-order valence-electron chi connectivity index (χ2n) is 13.8. The fourth-order valence-corrected chi connectivity index (χ4v) is 12.7. The predicted molar refractivity (Wildman–Crippen MR) is 152 cm³/mol. The molecule has 4 rings (SSSR count). The molecule has 3 heterocycles. The van der Waals surface area contributed by atoms with E-state index in [1.807, 2.05) is 0 Å². The molecular weight excluding hydrogens is 454 g/mol. The first-order valence-electron chi connectivity index (χ1n) is 13.4. The molecule has 3 saturated heterocycles. The third-order valence-corrected chi connectivity index (χ3v) is 13.3. The molecule has 3 nitrogen and oxygen atoms in total. The van der Waals surface area contributed by atoms with Gasteiger partial charge in [-0.05, 0) is 89.4 Å². The lowest BCUT2D eigenvalue weighted by molar-refractivity contribution is -0.120. The summed E-state index contributed by atoms with van der Waals surface area (Å²) in [6.07, 6.45) is 5.00.